The van der Waals surface area contributed by atoms with E-state index < -0.39 is 0 Å². The van der Waals surface area contributed by atoms with E-state index in [1.165, 1.54) is 0 Å². The third-order valence-corrected chi connectivity index (χ3v) is 2.28. The normalized spacial score (nSPS) is 13.8. The summed E-state index contributed by atoms with van der Waals surface area (Å²) in [6, 6.07) is 0. The lowest BCUT2D eigenvalue weighted by atomic mass is 9.99. The van der Waals surface area contributed by atoms with E-state index >= 15 is 0 Å². The minimum absolute atomic E-state index is 0.0757. The molecule has 0 radical (unpaired) electrons. The van der Waals surface area contributed by atoms with Gasteiger partial charge in [0.25, 0.3) is 0 Å². The molecule has 0 heterocycles. The van der Waals surface area contributed by atoms with Gasteiger partial charge in [-0.2, -0.15) is 0 Å². The summed E-state index contributed by atoms with van der Waals surface area (Å²) in [4.78, 5) is 10.6. The third kappa shape index (κ3) is 8.64. The van der Waals surface area contributed by atoms with Crippen LogP contribution in [0.2, 0.25) is 0 Å². The van der Waals surface area contributed by atoms with Gasteiger partial charge in [0.2, 0.25) is 0 Å². The van der Waals surface area contributed by atoms with Gasteiger partial charge in [-0.25, -0.2) is 0 Å². The maximum atomic E-state index is 10.7. The van der Waals surface area contributed by atoms with Gasteiger partial charge in [0.1, 0.15) is 5.88 Å². The Kier molecular flexibility index (Phi) is 6.54. The van der Waals surface area contributed by atoms with Gasteiger partial charge < -0.3 is 4.74 Å². The third-order valence-electron chi connectivity index (χ3n) is 1.87. The molecule has 0 fully saturated rings. The van der Waals surface area contributed by atoms with Crippen molar-refractivity contribution in [3.8, 4) is 0 Å². The Hall–Kier alpha value is 0.0500. The minimum Gasteiger partial charge on any atom is -0.465 e. The molecule has 0 saturated carbocycles. The first-order chi connectivity index (χ1) is 6.35. The first-order valence-electron chi connectivity index (χ1n) is 4.75. The largest absolute Gasteiger partial charge is 0.465 e. The number of ether oxygens (including phenoxy) is 1. The van der Waals surface area contributed by atoms with Gasteiger partial charge in [0.05, 0.1) is 6.61 Å². The van der Waals surface area contributed by atoms with Gasteiger partial charge in [0.15, 0.2) is 0 Å². The Morgan fingerprint density at radius 1 is 1.50 bits per heavy atom. The zero-order valence-electron chi connectivity index (χ0n) is 8.98. The van der Waals surface area contributed by atoms with Crippen LogP contribution < -0.4 is 0 Å². The van der Waals surface area contributed by atoms with Crippen LogP contribution in [0.25, 0.3) is 0 Å². The van der Waals surface area contributed by atoms with E-state index in [0.29, 0.717) is 12.5 Å². The Morgan fingerprint density at radius 3 is 2.50 bits per heavy atom. The molecule has 0 N–H and O–H groups in total. The van der Waals surface area contributed by atoms with Gasteiger partial charge in [-0.05, 0) is 32.6 Å². The van der Waals surface area contributed by atoms with Crippen molar-refractivity contribution in [3.63, 3.8) is 0 Å². The van der Waals surface area contributed by atoms with Crippen LogP contribution in [0.1, 0.15) is 33.6 Å². The smallest absolute Gasteiger partial charge is 0.320 e. The van der Waals surface area contributed by atoms with Crippen molar-refractivity contribution in [3.05, 3.63) is 0 Å². The fourth-order valence-corrected chi connectivity index (χ4v) is 1.13. The molecule has 0 aromatic carbocycles. The lowest BCUT2D eigenvalue weighted by Crippen LogP contribution is -2.16. The van der Waals surface area contributed by atoms with E-state index in [2.05, 4.69) is 0 Å². The van der Waals surface area contributed by atoms with Crippen LogP contribution in [0.4, 0.5) is 0 Å². The number of carbonyl (C=O) groups excluding carboxylic acids is 1. The standard InChI is InChI=1S/C10H18Cl2O2/c1-8(4-5-10(2,3)12)7-14-9(13)6-11/h8H,4-7H2,1-3H3. The number of hydrogen-bond donors (Lipinski definition) is 0. The summed E-state index contributed by atoms with van der Waals surface area (Å²) in [5, 5.41) is 0. The maximum absolute atomic E-state index is 10.7. The minimum atomic E-state index is -0.358. The molecule has 0 spiro atoms. The Morgan fingerprint density at radius 2 is 2.07 bits per heavy atom. The van der Waals surface area contributed by atoms with Crippen LogP contribution in [0, 0.1) is 5.92 Å². The molecular formula is C10H18Cl2O2. The van der Waals surface area contributed by atoms with Crippen molar-refractivity contribution in [1.82, 2.24) is 0 Å². The maximum Gasteiger partial charge on any atom is 0.320 e. The second-order valence-electron chi connectivity index (χ2n) is 4.18. The first kappa shape index (κ1) is 14.1. The second-order valence-corrected chi connectivity index (χ2v) is 5.47. The lowest BCUT2D eigenvalue weighted by molar-refractivity contribution is -0.141. The molecule has 2 nitrogen and oxygen atoms in total. The molecule has 0 aromatic rings. The van der Waals surface area contributed by atoms with E-state index in [9.17, 15) is 4.79 Å². The topological polar surface area (TPSA) is 26.3 Å². The molecule has 0 rings (SSSR count). The quantitative estimate of drug-likeness (QED) is 0.527. The summed E-state index contributed by atoms with van der Waals surface area (Å²) in [6.45, 7) is 6.42. The molecule has 0 aromatic heterocycles. The molecule has 14 heavy (non-hydrogen) atoms. The predicted octanol–water partition coefficient (Wildman–Crippen LogP) is 3.20. The van der Waals surface area contributed by atoms with E-state index in [1.54, 1.807) is 0 Å². The van der Waals surface area contributed by atoms with Gasteiger partial charge in [-0.3, -0.25) is 4.79 Å². The fourth-order valence-electron chi connectivity index (χ4n) is 0.947. The Balaban J connectivity index is 3.56. The number of esters is 1. The van der Waals surface area contributed by atoms with Gasteiger partial charge in [-0.1, -0.05) is 6.92 Å². The number of halogens is 2. The summed E-state index contributed by atoms with van der Waals surface area (Å²) in [5.41, 5.74) is 0. The monoisotopic (exact) mass is 240 g/mol. The van der Waals surface area contributed by atoms with E-state index in [-0.39, 0.29) is 16.7 Å². The van der Waals surface area contributed by atoms with Crippen molar-refractivity contribution in [2.45, 2.75) is 38.5 Å². The van der Waals surface area contributed by atoms with Gasteiger partial charge in [-0.15, -0.1) is 23.2 Å². The van der Waals surface area contributed by atoms with Crippen LogP contribution >= 0.6 is 23.2 Å². The van der Waals surface area contributed by atoms with E-state index in [0.717, 1.165) is 12.8 Å². The van der Waals surface area contributed by atoms with E-state index in [4.69, 9.17) is 27.9 Å². The van der Waals surface area contributed by atoms with E-state index in [1.807, 2.05) is 20.8 Å². The van der Waals surface area contributed by atoms with Crippen molar-refractivity contribution < 1.29 is 9.53 Å². The summed E-state index contributed by atoms with van der Waals surface area (Å²) < 4.78 is 4.90. The molecule has 0 aliphatic rings. The second kappa shape index (κ2) is 6.52. The van der Waals surface area contributed by atoms with Crippen LogP contribution in [-0.4, -0.2) is 23.3 Å². The number of hydrogen-bond acceptors (Lipinski definition) is 2. The zero-order valence-corrected chi connectivity index (χ0v) is 10.5. The average molecular weight is 241 g/mol. The highest BCUT2D eigenvalue weighted by Crippen LogP contribution is 2.22. The van der Waals surface area contributed by atoms with Crippen molar-refractivity contribution >= 4 is 29.2 Å². The summed E-state index contributed by atoms with van der Waals surface area (Å²) >= 11 is 11.3. The molecule has 84 valence electrons. The fraction of sp³-hybridized carbons (Fsp3) is 0.900. The first-order valence-corrected chi connectivity index (χ1v) is 5.67. The molecule has 0 aliphatic carbocycles. The molecule has 0 amide bonds. The predicted molar refractivity (Wildman–Crippen MR) is 60.0 cm³/mol. The lowest BCUT2D eigenvalue weighted by Gasteiger charge is -2.18. The number of alkyl halides is 2. The van der Waals surface area contributed by atoms with Gasteiger partial charge in [0, 0.05) is 4.87 Å². The number of carbonyl (C=O) groups is 1. The summed E-state index contributed by atoms with van der Waals surface area (Å²) in [5.74, 6) is -0.0999. The summed E-state index contributed by atoms with van der Waals surface area (Å²) in [6.07, 6.45) is 1.86. The zero-order chi connectivity index (χ0) is 11.2. The highest BCUT2D eigenvalue weighted by atomic mass is 35.5. The highest BCUT2D eigenvalue weighted by Gasteiger charge is 2.15. The molecule has 1 atom stereocenters. The van der Waals surface area contributed by atoms with Crippen molar-refractivity contribution in [1.29, 1.82) is 0 Å². The van der Waals surface area contributed by atoms with Crippen LogP contribution in [0.5, 0.6) is 0 Å². The molecule has 4 heteroatoms. The average Bonchev–Trinajstić information content (AvgIpc) is 2.09. The molecular weight excluding hydrogens is 223 g/mol. The van der Waals surface area contributed by atoms with Gasteiger partial charge >= 0.3 is 5.97 Å². The summed E-state index contributed by atoms with van der Waals surface area (Å²) in [7, 11) is 0. The Labute approximate surface area is 95.9 Å². The van der Waals surface area contributed by atoms with Crippen LogP contribution in [0.15, 0.2) is 0 Å². The molecule has 0 saturated heterocycles. The van der Waals surface area contributed by atoms with Crippen LogP contribution in [-0.2, 0) is 9.53 Å². The highest BCUT2D eigenvalue weighted by molar-refractivity contribution is 6.26. The Bertz CT molecular complexity index is 175. The molecule has 1 unspecified atom stereocenters. The van der Waals surface area contributed by atoms with Crippen molar-refractivity contribution in [2.75, 3.05) is 12.5 Å². The van der Waals surface area contributed by atoms with Crippen molar-refractivity contribution in [2.24, 2.45) is 5.92 Å². The number of rotatable bonds is 6. The SMILES string of the molecule is CC(CCC(C)(C)Cl)COC(=O)CCl. The molecule has 0 aliphatic heterocycles. The molecule has 0 bridgehead atoms. The van der Waals surface area contributed by atoms with Crippen LogP contribution in [0.3, 0.4) is 0 Å².